The van der Waals surface area contributed by atoms with Crippen molar-refractivity contribution in [1.82, 2.24) is 15.3 Å². The Labute approximate surface area is 123 Å². The molecule has 114 valence electrons. The summed E-state index contributed by atoms with van der Waals surface area (Å²) in [6.45, 7) is 4.48. The Morgan fingerprint density at radius 1 is 1.33 bits per heavy atom. The molecule has 0 bridgehead atoms. The molecule has 5 N–H and O–H groups in total. The predicted molar refractivity (Wildman–Crippen MR) is 82.9 cm³/mol. The highest BCUT2D eigenvalue weighted by Crippen LogP contribution is 2.17. The summed E-state index contributed by atoms with van der Waals surface area (Å²) in [6, 6.07) is 5.49. The number of hydrogen-bond donors (Lipinski definition) is 4. The molecule has 2 atom stereocenters. The second-order valence-corrected chi connectivity index (χ2v) is 5.39. The number of nitrogens with one attached hydrogen (secondary N) is 3. The number of carbonyl (C=O) groups is 1. The minimum absolute atomic E-state index is 0.00228. The minimum atomic E-state index is -0.229. The summed E-state index contributed by atoms with van der Waals surface area (Å²) in [5.41, 5.74) is 7.85. The smallest absolute Gasteiger partial charge is 0.323 e. The van der Waals surface area contributed by atoms with Crippen LogP contribution in [-0.2, 0) is 4.79 Å². The fraction of sp³-hybridized carbons (Fsp3) is 0.467. The minimum Gasteiger partial charge on any atom is -0.350 e. The first kappa shape index (κ1) is 15.3. The molecule has 0 spiro atoms. The molecule has 1 heterocycles. The van der Waals surface area contributed by atoms with Gasteiger partial charge in [0.1, 0.15) is 0 Å². The average molecular weight is 290 g/mol. The first-order valence-corrected chi connectivity index (χ1v) is 7.24. The predicted octanol–water partition coefficient (Wildman–Crippen LogP) is 1.41. The Hall–Kier alpha value is -2.08. The summed E-state index contributed by atoms with van der Waals surface area (Å²) < 4.78 is 0. The summed E-state index contributed by atoms with van der Waals surface area (Å²) in [6.07, 6.45) is 1.34. The van der Waals surface area contributed by atoms with E-state index in [1.807, 2.05) is 32.0 Å². The lowest BCUT2D eigenvalue weighted by atomic mass is 10.0. The molecule has 1 aromatic heterocycles. The molecule has 0 aliphatic rings. The monoisotopic (exact) mass is 290 g/mol. The van der Waals surface area contributed by atoms with Crippen LogP contribution >= 0.6 is 0 Å². The lowest BCUT2D eigenvalue weighted by Gasteiger charge is -2.17. The van der Waals surface area contributed by atoms with Crippen LogP contribution in [0.5, 0.6) is 0 Å². The van der Waals surface area contributed by atoms with E-state index < -0.39 is 0 Å². The van der Waals surface area contributed by atoms with Gasteiger partial charge < -0.3 is 21.0 Å². The zero-order chi connectivity index (χ0) is 15.4. The molecule has 6 heteroatoms. The van der Waals surface area contributed by atoms with E-state index in [4.69, 9.17) is 5.73 Å². The molecule has 0 aliphatic carbocycles. The number of hydrogen-bond acceptors (Lipinski definition) is 3. The first-order chi connectivity index (χ1) is 10.0. The van der Waals surface area contributed by atoms with Crippen molar-refractivity contribution in [3.63, 3.8) is 0 Å². The van der Waals surface area contributed by atoms with E-state index in [0.29, 0.717) is 13.0 Å². The number of rotatable bonds is 6. The molecule has 6 nitrogen and oxygen atoms in total. The fourth-order valence-electron chi connectivity index (χ4n) is 2.36. The third kappa shape index (κ3) is 3.72. The van der Waals surface area contributed by atoms with Crippen LogP contribution in [0.2, 0.25) is 0 Å². The van der Waals surface area contributed by atoms with Crippen LogP contribution in [0.15, 0.2) is 23.0 Å². The van der Waals surface area contributed by atoms with Gasteiger partial charge in [0.2, 0.25) is 5.91 Å². The number of carbonyl (C=O) groups excluding carboxylic acids is 1. The van der Waals surface area contributed by atoms with E-state index in [-0.39, 0.29) is 23.6 Å². The molecule has 1 aromatic carbocycles. The standard InChI is InChI=1S/C15H22N4O2/c1-3-10(8-16)6-14(20)17-9(2)11-4-5-12-13(7-11)19-15(21)18-12/h4-5,7,9-10H,3,6,8,16H2,1-2H3,(H,17,20)(H2,18,19,21). The molecular weight excluding hydrogens is 268 g/mol. The van der Waals surface area contributed by atoms with Gasteiger partial charge in [0, 0.05) is 6.42 Å². The molecule has 0 fully saturated rings. The number of imidazole rings is 1. The molecule has 2 rings (SSSR count). The zero-order valence-corrected chi connectivity index (χ0v) is 12.4. The second kappa shape index (κ2) is 6.58. The van der Waals surface area contributed by atoms with Gasteiger partial charge in [-0.1, -0.05) is 19.4 Å². The van der Waals surface area contributed by atoms with Crippen LogP contribution in [0.4, 0.5) is 0 Å². The van der Waals surface area contributed by atoms with E-state index in [2.05, 4.69) is 15.3 Å². The number of amides is 1. The second-order valence-electron chi connectivity index (χ2n) is 5.39. The normalized spacial score (nSPS) is 14.0. The lowest BCUT2D eigenvalue weighted by Crippen LogP contribution is -2.30. The van der Waals surface area contributed by atoms with Crippen molar-refractivity contribution in [3.8, 4) is 0 Å². The van der Waals surface area contributed by atoms with Gasteiger partial charge in [0.25, 0.3) is 0 Å². The zero-order valence-electron chi connectivity index (χ0n) is 12.4. The first-order valence-electron chi connectivity index (χ1n) is 7.24. The van der Waals surface area contributed by atoms with Crippen LogP contribution < -0.4 is 16.7 Å². The molecule has 0 aliphatic heterocycles. The summed E-state index contributed by atoms with van der Waals surface area (Å²) in [7, 11) is 0. The number of benzene rings is 1. The molecule has 21 heavy (non-hydrogen) atoms. The maximum absolute atomic E-state index is 12.0. The summed E-state index contributed by atoms with van der Waals surface area (Å²) in [5.74, 6) is 0.225. The molecule has 0 saturated heterocycles. The lowest BCUT2D eigenvalue weighted by molar-refractivity contribution is -0.122. The maximum Gasteiger partial charge on any atom is 0.323 e. The van der Waals surface area contributed by atoms with E-state index in [0.717, 1.165) is 23.0 Å². The molecule has 0 saturated carbocycles. The molecule has 2 aromatic rings. The number of H-pyrrole nitrogens is 2. The van der Waals surface area contributed by atoms with Gasteiger partial charge in [-0.15, -0.1) is 0 Å². The Morgan fingerprint density at radius 2 is 2.05 bits per heavy atom. The Morgan fingerprint density at radius 3 is 2.71 bits per heavy atom. The number of fused-ring (bicyclic) bond motifs is 1. The van der Waals surface area contributed by atoms with Gasteiger partial charge in [-0.05, 0) is 37.1 Å². The third-order valence-electron chi connectivity index (χ3n) is 3.80. The highest BCUT2D eigenvalue weighted by Gasteiger charge is 2.14. The van der Waals surface area contributed by atoms with E-state index >= 15 is 0 Å². The van der Waals surface area contributed by atoms with Crippen LogP contribution in [-0.4, -0.2) is 22.4 Å². The summed E-state index contributed by atoms with van der Waals surface area (Å²) in [4.78, 5) is 28.6. The fourth-order valence-corrected chi connectivity index (χ4v) is 2.36. The molecule has 0 radical (unpaired) electrons. The van der Waals surface area contributed by atoms with Crippen LogP contribution in [0, 0.1) is 5.92 Å². The average Bonchev–Trinajstić information content (AvgIpc) is 2.83. The molecule has 1 amide bonds. The highest BCUT2D eigenvalue weighted by molar-refractivity contribution is 5.78. The van der Waals surface area contributed by atoms with Crippen molar-refractivity contribution < 1.29 is 4.79 Å². The SMILES string of the molecule is CCC(CN)CC(=O)NC(C)c1ccc2[nH]c(=O)[nH]c2c1. The van der Waals surface area contributed by atoms with Gasteiger partial charge in [0.05, 0.1) is 17.1 Å². The summed E-state index contributed by atoms with van der Waals surface area (Å²) >= 11 is 0. The van der Waals surface area contributed by atoms with E-state index in [1.54, 1.807) is 0 Å². The van der Waals surface area contributed by atoms with Gasteiger partial charge in [-0.3, -0.25) is 4.79 Å². The quantitative estimate of drug-likeness (QED) is 0.646. The third-order valence-corrected chi connectivity index (χ3v) is 3.80. The highest BCUT2D eigenvalue weighted by atomic mass is 16.1. The van der Waals surface area contributed by atoms with Crippen LogP contribution in [0.1, 0.15) is 38.3 Å². The topological polar surface area (TPSA) is 104 Å². The van der Waals surface area contributed by atoms with Crippen molar-refractivity contribution in [2.24, 2.45) is 11.7 Å². The maximum atomic E-state index is 12.0. The van der Waals surface area contributed by atoms with Crippen molar-refractivity contribution in [2.75, 3.05) is 6.54 Å². The molecular formula is C15H22N4O2. The van der Waals surface area contributed by atoms with E-state index in [1.165, 1.54) is 0 Å². The number of aromatic nitrogens is 2. The van der Waals surface area contributed by atoms with Crippen molar-refractivity contribution in [3.05, 3.63) is 34.2 Å². The van der Waals surface area contributed by atoms with Gasteiger partial charge in [0.15, 0.2) is 0 Å². The van der Waals surface area contributed by atoms with Crippen LogP contribution in [0.25, 0.3) is 11.0 Å². The van der Waals surface area contributed by atoms with Crippen molar-refractivity contribution in [1.29, 1.82) is 0 Å². The largest absolute Gasteiger partial charge is 0.350 e. The molecule has 2 unspecified atom stereocenters. The van der Waals surface area contributed by atoms with Gasteiger partial charge >= 0.3 is 5.69 Å². The van der Waals surface area contributed by atoms with Crippen molar-refractivity contribution >= 4 is 16.9 Å². The van der Waals surface area contributed by atoms with Crippen LogP contribution in [0.3, 0.4) is 0 Å². The number of aromatic amines is 2. The van der Waals surface area contributed by atoms with Crippen molar-refractivity contribution in [2.45, 2.75) is 32.7 Å². The van der Waals surface area contributed by atoms with Gasteiger partial charge in [-0.25, -0.2) is 4.79 Å². The van der Waals surface area contributed by atoms with E-state index in [9.17, 15) is 9.59 Å². The summed E-state index contributed by atoms with van der Waals surface area (Å²) in [5, 5.41) is 2.97. The van der Waals surface area contributed by atoms with Gasteiger partial charge in [-0.2, -0.15) is 0 Å². The Kier molecular flexibility index (Phi) is 4.80. The number of nitrogens with two attached hydrogens (primary N) is 1. The Balaban J connectivity index is 2.05. The Bertz CT molecular complexity index is 670.